The van der Waals surface area contributed by atoms with Crippen molar-refractivity contribution in [2.24, 2.45) is 7.05 Å². The highest BCUT2D eigenvalue weighted by Gasteiger charge is 2.31. The molecule has 4 aromatic rings. The number of nitrogens with zero attached hydrogens (tertiary/aromatic N) is 3. The second-order valence-electron chi connectivity index (χ2n) is 12.9. The highest BCUT2D eigenvalue weighted by molar-refractivity contribution is 6.36. The van der Waals surface area contributed by atoms with E-state index >= 15 is 4.39 Å². The predicted molar refractivity (Wildman–Crippen MR) is 194 cm³/mol. The van der Waals surface area contributed by atoms with Crippen LogP contribution in [0, 0.1) is 5.82 Å². The number of fused-ring (bicyclic) bond motifs is 2. The van der Waals surface area contributed by atoms with Gasteiger partial charge in [-0.15, -0.1) is 0 Å². The fraction of sp³-hybridized carbons (Fsp3) is 0.378. The van der Waals surface area contributed by atoms with Crippen LogP contribution in [0.1, 0.15) is 58.1 Å². The number of hydrogen-bond acceptors (Lipinski definition) is 9. The molecule has 0 bridgehead atoms. The van der Waals surface area contributed by atoms with E-state index in [1.165, 1.54) is 13.2 Å². The second-order valence-corrected chi connectivity index (χ2v) is 13.7. The number of methoxy groups -OCH3 is 1. The number of anilines is 1. The number of ether oxygens (including phenoxy) is 2. The molecule has 1 aliphatic heterocycles. The van der Waals surface area contributed by atoms with Gasteiger partial charge in [0.05, 0.1) is 36.7 Å². The number of carbonyl (C=O) groups is 2. The van der Waals surface area contributed by atoms with Crippen molar-refractivity contribution in [3.63, 3.8) is 0 Å². The summed E-state index contributed by atoms with van der Waals surface area (Å²) >= 11 is 13.4. The average Bonchev–Trinajstić information content (AvgIpc) is 3.71. The Kier molecular flexibility index (Phi) is 11.4. The van der Waals surface area contributed by atoms with Crippen molar-refractivity contribution < 1.29 is 38.8 Å². The zero-order chi connectivity index (χ0) is 37.3. The lowest BCUT2D eigenvalue weighted by Gasteiger charge is -2.30. The number of aromatic nitrogens is 2. The first-order valence-corrected chi connectivity index (χ1v) is 17.6. The number of rotatable bonds is 13. The third-order valence-corrected chi connectivity index (χ3v) is 10.6. The highest BCUT2D eigenvalue weighted by Crippen LogP contribution is 2.45. The van der Waals surface area contributed by atoms with Gasteiger partial charge >= 0.3 is 5.97 Å². The molecule has 2 heterocycles. The molecular formula is C37H40Cl2FN5O7. The minimum absolute atomic E-state index is 0.00268. The quantitative estimate of drug-likeness (QED) is 0.124. The van der Waals surface area contributed by atoms with E-state index in [1.807, 2.05) is 48.9 Å². The van der Waals surface area contributed by atoms with Gasteiger partial charge in [-0.05, 0) is 42.5 Å². The maximum atomic E-state index is 15.5. The number of hydrogen-bond donors (Lipinski definition) is 5. The van der Waals surface area contributed by atoms with Crippen LogP contribution in [-0.2, 0) is 37.8 Å². The van der Waals surface area contributed by atoms with Gasteiger partial charge in [-0.3, -0.25) is 19.8 Å². The maximum absolute atomic E-state index is 15.5. The fourth-order valence-corrected chi connectivity index (χ4v) is 7.40. The monoisotopic (exact) mass is 755 g/mol. The van der Waals surface area contributed by atoms with Gasteiger partial charge in [0, 0.05) is 62.0 Å². The number of nitrogens with one attached hydrogen (secondary N) is 2. The Labute approximate surface area is 310 Å². The largest absolute Gasteiger partial charge is 0.496 e. The van der Waals surface area contributed by atoms with E-state index in [2.05, 4.69) is 20.5 Å². The lowest BCUT2D eigenvalue weighted by Crippen LogP contribution is -2.39. The molecule has 12 nitrogen and oxygen atoms in total. The highest BCUT2D eigenvalue weighted by atomic mass is 35.5. The number of halogens is 3. The summed E-state index contributed by atoms with van der Waals surface area (Å²) in [6, 6.07) is 11.4. The maximum Gasteiger partial charge on any atom is 0.323 e. The Morgan fingerprint density at radius 2 is 1.83 bits per heavy atom. The van der Waals surface area contributed by atoms with E-state index in [0.29, 0.717) is 36.5 Å². The van der Waals surface area contributed by atoms with Gasteiger partial charge in [0.15, 0.2) is 11.6 Å². The van der Waals surface area contributed by atoms with Gasteiger partial charge in [0.2, 0.25) is 0 Å². The third kappa shape index (κ3) is 7.21. The molecule has 1 amide bonds. The number of carboxylic acids is 1. The predicted octanol–water partition coefficient (Wildman–Crippen LogP) is 5.13. The normalized spacial score (nSPS) is 16.6. The van der Waals surface area contributed by atoms with Crippen LogP contribution in [0.5, 0.6) is 11.5 Å². The lowest BCUT2D eigenvalue weighted by molar-refractivity contribution is -0.140. The molecule has 52 heavy (non-hydrogen) atoms. The fourth-order valence-electron chi connectivity index (χ4n) is 6.91. The zero-order valence-corrected chi connectivity index (χ0v) is 30.4. The first-order chi connectivity index (χ1) is 25.0. The number of benzene rings is 3. The number of carboxylic acid groups (broad SMARTS) is 1. The van der Waals surface area contributed by atoms with E-state index in [9.17, 15) is 24.9 Å². The average molecular weight is 757 g/mol. The zero-order valence-electron chi connectivity index (χ0n) is 28.9. The van der Waals surface area contributed by atoms with Gasteiger partial charge in [-0.25, -0.2) is 9.37 Å². The van der Waals surface area contributed by atoms with Crippen molar-refractivity contribution in [2.75, 3.05) is 32.2 Å². The van der Waals surface area contributed by atoms with Crippen LogP contribution in [0.2, 0.25) is 10.0 Å². The molecule has 0 fully saturated rings. The summed E-state index contributed by atoms with van der Waals surface area (Å²) in [5.41, 5.74) is 5.68. The summed E-state index contributed by atoms with van der Waals surface area (Å²) in [6.07, 6.45) is 1.44. The smallest absolute Gasteiger partial charge is 0.323 e. The second kappa shape index (κ2) is 15.8. The Balaban J connectivity index is 1.22. The molecule has 0 saturated heterocycles. The van der Waals surface area contributed by atoms with Crippen LogP contribution in [-0.4, -0.2) is 80.6 Å². The number of aliphatic hydroxyl groups excluding tert-OH is 2. The van der Waals surface area contributed by atoms with E-state index in [0.717, 1.165) is 40.2 Å². The molecule has 1 aromatic heterocycles. The van der Waals surface area contributed by atoms with Crippen LogP contribution in [0.25, 0.3) is 11.1 Å². The Hall–Kier alpha value is -4.24. The minimum atomic E-state index is -1.30. The number of aliphatic hydroxyl groups is 2. The first kappa shape index (κ1) is 37.5. The van der Waals surface area contributed by atoms with Crippen molar-refractivity contribution >= 4 is 40.8 Å². The van der Waals surface area contributed by atoms with Crippen molar-refractivity contribution in [2.45, 2.75) is 57.5 Å². The van der Waals surface area contributed by atoms with E-state index in [4.69, 9.17) is 32.7 Å². The van der Waals surface area contributed by atoms with Gasteiger partial charge in [-0.2, -0.15) is 0 Å². The van der Waals surface area contributed by atoms with Gasteiger partial charge in [0.1, 0.15) is 28.7 Å². The molecule has 0 radical (unpaired) electrons. The van der Waals surface area contributed by atoms with Gasteiger partial charge in [0.25, 0.3) is 5.91 Å². The van der Waals surface area contributed by atoms with E-state index in [-0.39, 0.29) is 53.0 Å². The number of imidazole rings is 1. The molecule has 5 N–H and O–H groups in total. The van der Waals surface area contributed by atoms with Gasteiger partial charge in [-0.1, -0.05) is 53.5 Å². The summed E-state index contributed by atoms with van der Waals surface area (Å²) in [7, 11) is 3.18. The Morgan fingerprint density at radius 3 is 2.54 bits per heavy atom. The summed E-state index contributed by atoms with van der Waals surface area (Å²) in [4.78, 5) is 31.7. The van der Waals surface area contributed by atoms with Crippen LogP contribution in [0.4, 0.5) is 10.1 Å². The molecule has 3 aromatic carbocycles. The van der Waals surface area contributed by atoms with E-state index < -0.39 is 30.5 Å². The van der Waals surface area contributed by atoms with Crippen molar-refractivity contribution in [1.82, 2.24) is 19.8 Å². The standard InChI is InChI=1S/C37H40Cl2FN5O7/c1-19(17-46)45-13-12-28-26(16-45)42-35(44(28)2)36(48)43-25-9-5-8-23(32(25)38)20-6-4-7-22-21(20)10-11-29(22)52-31-14-30(51-3)24(34(40)33(31)39)15-41-27(18-47)37(49)50/h4-9,14,19,27,29,41,46-47H,10-13,15-18H2,1-3H3,(H,43,48)(H,49,50). The van der Waals surface area contributed by atoms with Crippen LogP contribution < -0.4 is 20.1 Å². The first-order valence-electron chi connectivity index (χ1n) is 16.9. The Bertz CT molecular complexity index is 2010. The summed E-state index contributed by atoms with van der Waals surface area (Å²) in [5, 5.41) is 33.8. The molecule has 3 atom stereocenters. The van der Waals surface area contributed by atoms with Crippen LogP contribution in [0.3, 0.4) is 0 Å². The molecule has 2 aliphatic rings. The molecular weight excluding hydrogens is 716 g/mol. The molecule has 0 spiro atoms. The molecule has 0 saturated carbocycles. The van der Waals surface area contributed by atoms with Crippen LogP contribution >= 0.6 is 23.2 Å². The minimum Gasteiger partial charge on any atom is -0.496 e. The molecule has 1 aliphatic carbocycles. The lowest BCUT2D eigenvalue weighted by atomic mass is 9.96. The molecule has 3 unspecified atom stereocenters. The van der Waals surface area contributed by atoms with Gasteiger partial charge < -0.3 is 34.7 Å². The molecule has 276 valence electrons. The SMILES string of the molecule is COc1cc(OC2CCc3c(-c4cccc(NC(=O)c5nc6c(n5C)CCN(C(C)CO)C6)c4Cl)cccc32)c(Cl)c(F)c1CNC(CO)C(=O)O. The molecule has 15 heteroatoms. The van der Waals surface area contributed by atoms with Crippen molar-refractivity contribution in [1.29, 1.82) is 0 Å². The Morgan fingerprint density at radius 1 is 1.08 bits per heavy atom. The molecule has 6 rings (SSSR count). The van der Waals surface area contributed by atoms with Crippen molar-refractivity contribution in [3.05, 3.63) is 92.2 Å². The summed E-state index contributed by atoms with van der Waals surface area (Å²) < 4.78 is 29.0. The van der Waals surface area contributed by atoms with Crippen LogP contribution in [0.15, 0.2) is 42.5 Å². The number of carbonyl (C=O) groups excluding carboxylic acids is 1. The number of aliphatic carboxylic acids is 1. The topological polar surface area (TPSA) is 158 Å². The van der Waals surface area contributed by atoms with E-state index in [1.54, 1.807) is 6.07 Å². The summed E-state index contributed by atoms with van der Waals surface area (Å²) in [6.45, 7) is 2.39. The van der Waals surface area contributed by atoms with Crippen molar-refractivity contribution in [3.8, 4) is 22.6 Å². The third-order valence-electron chi connectivity index (χ3n) is 9.86. The summed E-state index contributed by atoms with van der Waals surface area (Å²) in [5.74, 6) is -2.05. The number of amides is 1.